The number of carboxylic acids is 1. The zero-order valence-electron chi connectivity index (χ0n) is 42.5. The van der Waals surface area contributed by atoms with Crippen LogP contribution in [0.25, 0.3) is 0 Å². The Labute approximate surface area is 395 Å². The minimum absolute atomic E-state index is 0.0548. The number of esters is 2. The number of quaternary nitrogens is 1. The van der Waals surface area contributed by atoms with Gasteiger partial charge in [0.05, 0.1) is 34.4 Å². The fraction of sp³-hybridized carbons (Fsp3) is 0.804. The fourth-order valence-corrected chi connectivity index (χ4v) is 7.91. The first-order chi connectivity index (χ1) is 31.1. The molecule has 0 aromatic heterocycles. The molecule has 2 unspecified atom stereocenters. The molecular formula is C56H102NO7+. The fourth-order valence-electron chi connectivity index (χ4n) is 7.91. The number of allylic oxidation sites excluding steroid dienone is 8. The molecule has 0 bridgehead atoms. The van der Waals surface area contributed by atoms with E-state index < -0.39 is 18.1 Å². The van der Waals surface area contributed by atoms with Crippen LogP contribution in [-0.2, 0) is 28.6 Å². The SMILES string of the molecule is CC/C=C/C/C=C/C/C=C/C/C=C/CCCCCCCCCC(=O)OCC(COCCC(C(=O)O)[N+](C)(C)C)OC(=O)CCCCCCCCCCCCCCCCCCCCCC. The molecule has 8 nitrogen and oxygen atoms in total. The molecule has 8 heteroatoms. The maximum Gasteiger partial charge on any atom is 0.362 e. The number of unbranched alkanes of at least 4 members (excludes halogenated alkanes) is 26. The highest BCUT2D eigenvalue weighted by atomic mass is 16.6. The van der Waals surface area contributed by atoms with Crippen molar-refractivity contribution in [1.82, 2.24) is 0 Å². The van der Waals surface area contributed by atoms with E-state index in [1.54, 1.807) is 0 Å². The van der Waals surface area contributed by atoms with Crippen molar-refractivity contribution in [3.05, 3.63) is 48.6 Å². The Balaban J connectivity index is 4.22. The number of carboxylic acid groups (broad SMARTS) is 1. The van der Waals surface area contributed by atoms with E-state index in [0.717, 1.165) is 70.6 Å². The quantitative estimate of drug-likeness (QED) is 0.0281. The summed E-state index contributed by atoms with van der Waals surface area (Å²) in [5, 5.41) is 9.66. The first kappa shape index (κ1) is 61.3. The average Bonchev–Trinajstić information content (AvgIpc) is 3.26. The number of carbonyl (C=O) groups is 3. The van der Waals surface area contributed by atoms with Crippen molar-refractivity contribution in [2.24, 2.45) is 0 Å². The molecular weight excluding hydrogens is 799 g/mol. The van der Waals surface area contributed by atoms with Gasteiger partial charge in [-0.2, -0.15) is 0 Å². The summed E-state index contributed by atoms with van der Waals surface area (Å²) in [6.45, 7) is 4.65. The molecule has 0 aromatic carbocycles. The largest absolute Gasteiger partial charge is 0.477 e. The summed E-state index contributed by atoms with van der Waals surface area (Å²) in [5.74, 6) is -1.47. The van der Waals surface area contributed by atoms with Gasteiger partial charge < -0.3 is 23.8 Å². The van der Waals surface area contributed by atoms with Crippen LogP contribution in [0.15, 0.2) is 48.6 Å². The van der Waals surface area contributed by atoms with Crippen LogP contribution in [0.5, 0.6) is 0 Å². The van der Waals surface area contributed by atoms with Crippen molar-refractivity contribution in [1.29, 1.82) is 0 Å². The molecule has 0 aliphatic rings. The van der Waals surface area contributed by atoms with Gasteiger partial charge in [-0.25, -0.2) is 4.79 Å². The number of nitrogens with zero attached hydrogens (tertiary/aromatic N) is 1. The molecule has 64 heavy (non-hydrogen) atoms. The van der Waals surface area contributed by atoms with E-state index in [0.29, 0.717) is 19.3 Å². The minimum atomic E-state index is -0.875. The Morgan fingerprint density at radius 3 is 1.30 bits per heavy atom. The highest BCUT2D eigenvalue weighted by Crippen LogP contribution is 2.16. The van der Waals surface area contributed by atoms with E-state index in [1.807, 2.05) is 21.1 Å². The summed E-state index contributed by atoms with van der Waals surface area (Å²) < 4.78 is 17.4. The molecule has 0 spiro atoms. The third-order valence-corrected chi connectivity index (χ3v) is 12.0. The van der Waals surface area contributed by atoms with Gasteiger partial charge in [-0.3, -0.25) is 9.59 Å². The normalized spacial score (nSPS) is 13.2. The Morgan fingerprint density at radius 1 is 0.484 bits per heavy atom. The van der Waals surface area contributed by atoms with E-state index in [9.17, 15) is 19.5 Å². The molecule has 0 amide bonds. The molecule has 0 aliphatic heterocycles. The number of likely N-dealkylation sites (N-methyl/N-ethyl adjacent to an activating group) is 1. The van der Waals surface area contributed by atoms with E-state index in [2.05, 4.69) is 62.5 Å². The summed E-state index contributed by atoms with van der Waals surface area (Å²) in [6.07, 6.45) is 57.3. The van der Waals surface area contributed by atoms with Crippen molar-refractivity contribution < 1.29 is 38.2 Å². The highest BCUT2D eigenvalue weighted by molar-refractivity contribution is 5.72. The number of hydrogen-bond donors (Lipinski definition) is 1. The van der Waals surface area contributed by atoms with Crippen LogP contribution < -0.4 is 0 Å². The van der Waals surface area contributed by atoms with Crippen molar-refractivity contribution in [3.63, 3.8) is 0 Å². The first-order valence-electron chi connectivity index (χ1n) is 26.7. The maximum absolute atomic E-state index is 12.8. The predicted octanol–water partition coefficient (Wildman–Crippen LogP) is 15.5. The molecule has 372 valence electrons. The molecule has 0 saturated carbocycles. The Kier molecular flexibility index (Phi) is 44.8. The molecule has 0 heterocycles. The number of ether oxygens (including phenoxy) is 3. The summed E-state index contributed by atoms with van der Waals surface area (Å²) in [4.78, 5) is 37.2. The van der Waals surface area contributed by atoms with E-state index in [-0.39, 0.29) is 36.2 Å². The molecule has 0 aliphatic carbocycles. The van der Waals surface area contributed by atoms with E-state index in [4.69, 9.17) is 14.2 Å². The van der Waals surface area contributed by atoms with Crippen LogP contribution in [0.1, 0.15) is 239 Å². The second kappa shape index (κ2) is 46.8. The lowest BCUT2D eigenvalue weighted by molar-refractivity contribution is -0.887. The number of hydrogen-bond acceptors (Lipinski definition) is 6. The van der Waals surface area contributed by atoms with Crippen molar-refractivity contribution >= 4 is 17.9 Å². The lowest BCUT2D eigenvalue weighted by Gasteiger charge is -2.31. The standard InChI is InChI=1S/C56H101NO7/c1-6-8-10-12-14-16-18-20-22-24-26-28-30-32-34-36-38-40-42-44-46-54(58)63-51-52(50-62-49-48-53(56(60)61)57(3,4)5)64-55(59)47-45-43-41-39-37-35-33-31-29-27-25-23-21-19-17-15-13-11-9-7-2/h8,10,14,16,20,22,26,28,52-53H,6-7,9,11-13,15,17-19,21,23-25,27,29-51H2,1-5H3/p+1/b10-8+,16-14+,22-20+,28-26+. The number of rotatable bonds is 48. The Hall–Kier alpha value is -2.71. The van der Waals surface area contributed by atoms with Gasteiger partial charge in [0.15, 0.2) is 12.1 Å². The monoisotopic (exact) mass is 901 g/mol. The van der Waals surface area contributed by atoms with Gasteiger partial charge in [0, 0.05) is 19.3 Å². The second-order valence-corrected chi connectivity index (χ2v) is 19.1. The van der Waals surface area contributed by atoms with Crippen LogP contribution in [0.2, 0.25) is 0 Å². The smallest absolute Gasteiger partial charge is 0.362 e. The van der Waals surface area contributed by atoms with Crippen molar-refractivity contribution in [2.45, 2.75) is 251 Å². The molecule has 0 radical (unpaired) electrons. The zero-order valence-corrected chi connectivity index (χ0v) is 42.5. The third-order valence-electron chi connectivity index (χ3n) is 12.0. The Morgan fingerprint density at radius 2 is 0.875 bits per heavy atom. The number of aliphatic carboxylic acids is 1. The van der Waals surface area contributed by atoms with Crippen LogP contribution in [0.4, 0.5) is 0 Å². The summed E-state index contributed by atoms with van der Waals surface area (Å²) in [6, 6.07) is -0.617. The first-order valence-corrected chi connectivity index (χ1v) is 26.7. The van der Waals surface area contributed by atoms with E-state index in [1.165, 1.54) is 135 Å². The summed E-state index contributed by atoms with van der Waals surface area (Å²) in [5.41, 5.74) is 0. The van der Waals surface area contributed by atoms with Gasteiger partial charge in [-0.1, -0.05) is 217 Å². The second-order valence-electron chi connectivity index (χ2n) is 19.1. The van der Waals surface area contributed by atoms with Gasteiger partial charge in [0.2, 0.25) is 0 Å². The van der Waals surface area contributed by atoms with Crippen LogP contribution in [-0.4, -0.2) is 80.6 Å². The molecule has 0 fully saturated rings. The highest BCUT2D eigenvalue weighted by Gasteiger charge is 2.31. The summed E-state index contributed by atoms with van der Waals surface area (Å²) in [7, 11) is 5.54. The molecule has 1 N–H and O–H groups in total. The Bertz CT molecular complexity index is 1190. The van der Waals surface area contributed by atoms with Crippen LogP contribution in [0, 0.1) is 0 Å². The lowest BCUT2D eigenvalue weighted by atomic mass is 10.0. The summed E-state index contributed by atoms with van der Waals surface area (Å²) >= 11 is 0. The minimum Gasteiger partial charge on any atom is -0.477 e. The van der Waals surface area contributed by atoms with E-state index >= 15 is 0 Å². The van der Waals surface area contributed by atoms with Crippen molar-refractivity contribution in [2.75, 3.05) is 41.0 Å². The van der Waals surface area contributed by atoms with Gasteiger partial charge in [-0.15, -0.1) is 0 Å². The van der Waals surface area contributed by atoms with Gasteiger partial charge in [0.25, 0.3) is 0 Å². The molecule has 0 saturated heterocycles. The van der Waals surface area contributed by atoms with Crippen LogP contribution in [0.3, 0.4) is 0 Å². The van der Waals surface area contributed by atoms with Gasteiger partial charge in [-0.05, 0) is 51.4 Å². The topological polar surface area (TPSA) is 99.1 Å². The predicted molar refractivity (Wildman–Crippen MR) is 271 cm³/mol. The number of carbonyl (C=O) groups excluding carboxylic acids is 2. The third kappa shape index (κ3) is 44.5. The molecule has 2 atom stereocenters. The van der Waals surface area contributed by atoms with Gasteiger partial charge >= 0.3 is 17.9 Å². The maximum atomic E-state index is 12.8. The average molecular weight is 901 g/mol. The zero-order chi connectivity index (χ0) is 47.0. The van der Waals surface area contributed by atoms with Gasteiger partial charge in [0.1, 0.15) is 6.61 Å². The van der Waals surface area contributed by atoms with Crippen LogP contribution >= 0.6 is 0 Å². The van der Waals surface area contributed by atoms with Crippen molar-refractivity contribution in [3.8, 4) is 0 Å². The molecule has 0 rings (SSSR count). The molecule has 0 aromatic rings. The lowest BCUT2D eigenvalue weighted by Crippen LogP contribution is -2.50.